The molecular weight excluding hydrogens is 441 g/mol. The van der Waals surface area contributed by atoms with Crippen LogP contribution in [0, 0.1) is 0 Å². The lowest BCUT2D eigenvalue weighted by molar-refractivity contribution is 0.471. The van der Waals surface area contributed by atoms with Crippen molar-refractivity contribution in [1.29, 1.82) is 0 Å². The number of hydrogen-bond donors (Lipinski definition) is 2. The van der Waals surface area contributed by atoms with Crippen LogP contribution in [0.15, 0.2) is 60.9 Å². The van der Waals surface area contributed by atoms with Crippen LogP contribution in [0.3, 0.4) is 0 Å². The van der Waals surface area contributed by atoms with Crippen molar-refractivity contribution in [2.75, 3.05) is 5.32 Å². The Morgan fingerprint density at radius 3 is 2.47 bits per heavy atom. The monoisotopic (exact) mass is 457 g/mol. The summed E-state index contributed by atoms with van der Waals surface area (Å²) in [6.07, 6.45) is 3.98. The Labute approximate surface area is 189 Å². The number of anilines is 1. The van der Waals surface area contributed by atoms with Crippen LogP contribution < -0.4 is 5.32 Å². The van der Waals surface area contributed by atoms with E-state index in [1.807, 2.05) is 49.4 Å². The van der Waals surface area contributed by atoms with Crippen LogP contribution in [0.25, 0.3) is 10.9 Å². The maximum absolute atomic E-state index is 11.1. The Bertz CT molecular complexity index is 1210. The minimum absolute atomic E-state index is 0.0914. The molecule has 0 aliphatic heterocycles. The SMILES string of the molecule is CCc1cc(Cl)cnc1NC(c1cc(Cl)cc(Cl)c1)c1ccc2cccnc2c1O. The van der Waals surface area contributed by atoms with Crippen LogP contribution in [-0.4, -0.2) is 15.1 Å². The highest BCUT2D eigenvalue weighted by molar-refractivity contribution is 6.34. The van der Waals surface area contributed by atoms with Gasteiger partial charge in [0.05, 0.1) is 11.1 Å². The van der Waals surface area contributed by atoms with Gasteiger partial charge in [-0.1, -0.05) is 59.9 Å². The van der Waals surface area contributed by atoms with Gasteiger partial charge in [0.2, 0.25) is 0 Å². The van der Waals surface area contributed by atoms with Gasteiger partial charge in [0.15, 0.2) is 0 Å². The molecule has 0 saturated carbocycles. The van der Waals surface area contributed by atoms with Crippen LogP contribution in [-0.2, 0) is 6.42 Å². The molecule has 4 nitrogen and oxygen atoms in total. The van der Waals surface area contributed by atoms with E-state index in [0.29, 0.717) is 32.0 Å². The molecule has 4 aromatic rings. The first kappa shape index (κ1) is 20.7. The fourth-order valence-corrected chi connectivity index (χ4v) is 4.20. The fraction of sp³-hybridized carbons (Fsp3) is 0.130. The van der Waals surface area contributed by atoms with Gasteiger partial charge in [0.1, 0.15) is 17.1 Å². The third-order valence-corrected chi connectivity index (χ3v) is 5.55. The summed E-state index contributed by atoms with van der Waals surface area (Å²) in [6, 6.07) is 14.2. The van der Waals surface area contributed by atoms with Crippen molar-refractivity contribution in [2.45, 2.75) is 19.4 Å². The van der Waals surface area contributed by atoms with Crippen molar-refractivity contribution in [3.05, 3.63) is 92.7 Å². The number of benzene rings is 2. The molecule has 0 bridgehead atoms. The molecule has 0 radical (unpaired) electrons. The first-order valence-electron chi connectivity index (χ1n) is 9.39. The van der Waals surface area contributed by atoms with E-state index < -0.39 is 6.04 Å². The highest BCUT2D eigenvalue weighted by atomic mass is 35.5. The number of nitrogens with zero attached hydrogens (tertiary/aromatic N) is 2. The number of rotatable bonds is 5. The second kappa shape index (κ2) is 8.68. The molecule has 2 aromatic carbocycles. The Hall–Kier alpha value is -2.53. The van der Waals surface area contributed by atoms with E-state index in [0.717, 1.165) is 22.9 Å². The molecule has 0 aliphatic carbocycles. The Morgan fingerprint density at radius 1 is 0.967 bits per heavy atom. The van der Waals surface area contributed by atoms with Crippen molar-refractivity contribution in [3.63, 3.8) is 0 Å². The maximum atomic E-state index is 11.1. The Morgan fingerprint density at radius 2 is 1.73 bits per heavy atom. The van der Waals surface area contributed by atoms with Crippen molar-refractivity contribution in [3.8, 4) is 5.75 Å². The predicted molar refractivity (Wildman–Crippen MR) is 124 cm³/mol. The molecule has 2 N–H and O–H groups in total. The number of aryl methyl sites for hydroxylation is 1. The lowest BCUT2D eigenvalue weighted by Gasteiger charge is -2.23. The number of aromatic nitrogens is 2. The van der Waals surface area contributed by atoms with Crippen molar-refractivity contribution >= 4 is 51.5 Å². The molecule has 4 rings (SSSR count). The molecule has 1 unspecified atom stereocenters. The molecule has 0 fully saturated rings. The van der Waals surface area contributed by atoms with Gasteiger partial charge >= 0.3 is 0 Å². The summed E-state index contributed by atoms with van der Waals surface area (Å²) in [7, 11) is 0. The highest BCUT2D eigenvalue weighted by Gasteiger charge is 2.22. The molecule has 0 spiro atoms. The van der Waals surface area contributed by atoms with E-state index in [1.54, 1.807) is 18.5 Å². The molecule has 152 valence electrons. The molecule has 0 saturated heterocycles. The number of halogens is 3. The fourth-order valence-electron chi connectivity index (χ4n) is 3.48. The Kier molecular flexibility index (Phi) is 6.00. The molecule has 0 aliphatic rings. The maximum Gasteiger partial charge on any atom is 0.147 e. The second-order valence-corrected chi connectivity index (χ2v) is 8.18. The second-order valence-electron chi connectivity index (χ2n) is 6.87. The summed E-state index contributed by atoms with van der Waals surface area (Å²) in [4.78, 5) is 8.81. The number of phenols is 1. The minimum Gasteiger partial charge on any atom is -0.505 e. The molecule has 0 amide bonds. The summed E-state index contributed by atoms with van der Waals surface area (Å²) < 4.78 is 0. The first-order chi connectivity index (χ1) is 14.5. The predicted octanol–water partition coefficient (Wildman–Crippen LogP) is 7.06. The van der Waals surface area contributed by atoms with E-state index in [1.165, 1.54) is 0 Å². The van der Waals surface area contributed by atoms with Gasteiger partial charge in [-0.3, -0.25) is 4.98 Å². The van der Waals surface area contributed by atoms with Crippen LogP contribution in [0.5, 0.6) is 5.75 Å². The molecular formula is C23H18Cl3N3O. The van der Waals surface area contributed by atoms with Gasteiger partial charge in [0, 0.05) is 33.4 Å². The van der Waals surface area contributed by atoms with Crippen molar-refractivity contribution in [2.24, 2.45) is 0 Å². The zero-order valence-corrected chi connectivity index (χ0v) is 18.3. The summed E-state index contributed by atoms with van der Waals surface area (Å²) in [6.45, 7) is 2.03. The van der Waals surface area contributed by atoms with Crippen molar-refractivity contribution in [1.82, 2.24) is 9.97 Å². The average molecular weight is 459 g/mol. The van der Waals surface area contributed by atoms with Gasteiger partial charge in [-0.2, -0.15) is 0 Å². The van der Waals surface area contributed by atoms with Crippen molar-refractivity contribution < 1.29 is 5.11 Å². The zero-order valence-electron chi connectivity index (χ0n) is 16.0. The molecule has 7 heteroatoms. The third kappa shape index (κ3) is 4.17. The van der Waals surface area contributed by atoms with E-state index >= 15 is 0 Å². The lowest BCUT2D eigenvalue weighted by Crippen LogP contribution is -2.15. The molecule has 2 heterocycles. The molecule has 1 atom stereocenters. The van der Waals surface area contributed by atoms with Gasteiger partial charge in [-0.25, -0.2) is 4.98 Å². The van der Waals surface area contributed by atoms with E-state index in [4.69, 9.17) is 34.8 Å². The number of aromatic hydroxyl groups is 1. The van der Waals surface area contributed by atoms with Gasteiger partial charge in [-0.15, -0.1) is 0 Å². The molecule has 2 aromatic heterocycles. The zero-order chi connectivity index (χ0) is 21.3. The topological polar surface area (TPSA) is 58.0 Å². The minimum atomic E-state index is -0.466. The van der Waals surface area contributed by atoms with Crippen LogP contribution in [0.4, 0.5) is 5.82 Å². The van der Waals surface area contributed by atoms with Gasteiger partial charge in [-0.05, 0) is 47.9 Å². The van der Waals surface area contributed by atoms with Crippen LogP contribution in [0.1, 0.15) is 29.7 Å². The number of phenolic OH excluding ortho intramolecular Hbond substituents is 1. The van der Waals surface area contributed by atoms with E-state index in [2.05, 4.69) is 15.3 Å². The first-order valence-corrected chi connectivity index (χ1v) is 10.5. The summed E-state index contributed by atoms with van der Waals surface area (Å²) >= 11 is 18.7. The van der Waals surface area contributed by atoms with Crippen LogP contribution in [0.2, 0.25) is 15.1 Å². The van der Waals surface area contributed by atoms with Gasteiger partial charge < -0.3 is 10.4 Å². The van der Waals surface area contributed by atoms with Gasteiger partial charge in [0.25, 0.3) is 0 Å². The normalized spacial score (nSPS) is 12.1. The highest BCUT2D eigenvalue weighted by Crippen LogP contribution is 2.38. The average Bonchev–Trinajstić information content (AvgIpc) is 2.73. The van der Waals surface area contributed by atoms with E-state index in [-0.39, 0.29) is 5.75 Å². The van der Waals surface area contributed by atoms with E-state index in [9.17, 15) is 5.11 Å². The number of pyridine rings is 2. The summed E-state index contributed by atoms with van der Waals surface area (Å²) in [5, 5.41) is 16.9. The number of hydrogen-bond acceptors (Lipinski definition) is 4. The Balaban J connectivity index is 1.89. The standard InChI is InChI=1S/C23H18Cl3N3O/c1-2-13-8-18(26)12-28-23(13)29-20(15-9-16(24)11-17(25)10-15)19-6-5-14-4-3-7-27-21(14)22(19)30/h3-12,20,30H,2H2,1H3,(H,28,29). The lowest BCUT2D eigenvalue weighted by atomic mass is 9.96. The van der Waals surface area contributed by atoms with Crippen LogP contribution >= 0.6 is 34.8 Å². The number of fused-ring (bicyclic) bond motifs is 1. The summed E-state index contributed by atoms with van der Waals surface area (Å²) in [5.74, 6) is 0.761. The quantitative estimate of drug-likeness (QED) is 0.336. The third-order valence-electron chi connectivity index (χ3n) is 4.90. The molecule has 30 heavy (non-hydrogen) atoms. The summed E-state index contributed by atoms with van der Waals surface area (Å²) in [5.41, 5.74) is 2.91. The number of nitrogens with one attached hydrogen (secondary N) is 1. The smallest absolute Gasteiger partial charge is 0.147 e. The largest absolute Gasteiger partial charge is 0.505 e.